The average Bonchev–Trinajstić information content (AvgIpc) is 2.75. The molecular weight excluding hydrogens is 280 g/mol. The van der Waals surface area contributed by atoms with Crippen LogP contribution in [0.3, 0.4) is 0 Å². The van der Waals surface area contributed by atoms with Gasteiger partial charge in [0.05, 0.1) is 5.52 Å². The third-order valence-corrected chi connectivity index (χ3v) is 3.75. The van der Waals surface area contributed by atoms with Gasteiger partial charge in [-0.05, 0) is 23.1 Å². The van der Waals surface area contributed by atoms with Crippen LogP contribution in [0, 0.1) is 0 Å². The highest BCUT2D eigenvalue weighted by atomic mass is 16.2. The first-order chi connectivity index (χ1) is 10.3. The largest absolute Gasteiger partial charge is 0.334 e. The van der Waals surface area contributed by atoms with Crippen LogP contribution in [0.2, 0.25) is 0 Å². The summed E-state index contributed by atoms with van der Waals surface area (Å²) in [7, 11) is 1.84. The Hall–Kier alpha value is -2.63. The Morgan fingerprint density at radius 2 is 1.86 bits per heavy atom. The third kappa shape index (κ3) is 2.26. The van der Waals surface area contributed by atoms with Gasteiger partial charge in [0.2, 0.25) is 0 Å². The van der Waals surface area contributed by atoms with Crippen LogP contribution >= 0.6 is 0 Å². The van der Waals surface area contributed by atoms with Crippen molar-refractivity contribution in [3.05, 3.63) is 56.9 Å². The summed E-state index contributed by atoms with van der Waals surface area (Å²) in [4.78, 5) is 25.4. The molecule has 2 aromatic heterocycles. The lowest BCUT2D eigenvalue weighted by Gasteiger charge is -2.19. The summed E-state index contributed by atoms with van der Waals surface area (Å²) in [6.07, 6.45) is 1.45. The molecule has 0 saturated heterocycles. The predicted octanol–water partition coefficient (Wildman–Crippen LogP) is 1.71. The third-order valence-electron chi connectivity index (χ3n) is 3.75. The first-order valence-electron chi connectivity index (χ1n) is 7.07. The summed E-state index contributed by atoms with van der Waals surface area (Å²) in [6, 6.07) is 7.41. The fourth-order valence-electron chi connectivity index (χ4n) is 2.47. The molecule has 0 aliphatic carbocycles. The van der Waals surface area contributed by atoms with Gasteiger partial charge < -0.3 is 0 Å². The van der Waals surface area contributed by atoms with E-state index in [0.29, 0.717) is 5.82 Å². The molecule has 0 bridgehead atoms. The van der Waals surface area contributed by atoms with Gasteiger partial charge in [0.1, 0.15) is 0 Å². The molecule has 1 N–H and O–H groups in total. The van der Waals surface area contributed by atoms with E-state index in [-0.39, 0.29) is 5.41 Å². The maximum atomic E-state index is 12.0. The fourth-order valence-corrected chi connectivity index (χ4v) is 2.47. The van der Waals surface area contributed by atoms with Gasteiger partial charge in [0.25, 0.3) is 5.56 Å². The topological polar surface area (TPSA) is 72.7 Å². The molecular formula is C16H18N4O2. The SMILES string of the molecule is Cn1nc(-n2ccc(=O)[nH]c2=O)c2ccc(C(C)(C)C)cc21. The van der Waals surface area contributed by atoms with Gasteiger partial charge in [-0.15, -0.1) is 0 Å². The number of benzene rings is 1. The van der Waals surface area contributed by atoms with Crippen molar-refractivity contribution in [2.45, 2.75) is 26.2 Å². The van der Waals surface area contributed by atoms with Crippen LogP contribution in [0.1, 0.15) is 26.3 Å². The van der Waals surface area contributed by atoms with Gasteiger partial charge >= 0.3 is 5.69 Å². The van der Waals surface area contributed by atoms with Crippen LogP contribution in [-0.2, 0) is 12.5 Å². The molecule has 3 rings (SSSR count). The van der Waals surface area contributed by atoms with Crippen LogP contribution < -0.4 is 11.2 Å². The smallest absolute Gasteiger partial charge is 0.274 e. The van der Waals surface area contributed by atoms with E-state index in [1.165, 1.54) is 22.4 Å². The second kappa shape index (κ2) is 4.69. The minimum absolute atomic E-state index is 0.0352. The van der Waals surface area contributed by atoms with Crippen molar-refractivity contribution in [2.75, 3.05) is 0 Å². The van der Waals surface area contributed by atoms with Crippen molar-refractivity contribution < 1.29 is 0 Å². The minimum atomic E-state index is -0.493. The second-order valence-electron chi connectivity index (χ2n) is 6.41. The highest BCUT2D eigenvalue weighted by Crippen LogP contribution is 2.28. The van der Waals surface area contributed by atoms with Gasteiger partial charge in [-0.2, -0.15) is 5.10 Å². The van der Waals surface area contributed by atoms with Gasteiger partial charge in [-0.25, -0.2) is 4.79 Å². The first-order valence-corrected chi connectivity index (χ1v) is 7.07. The van der Waals surface area contributed by atoms with Crippen molar-refractivity contribution in [3.63, 3.8) is 0 Å². The molecule has 0 saturated carbocycles. The van der Waals surface area contributed by atoms with Gasteiger partial charge in [0.15, 0.2) is 5.82 Å². The van der Waals surface area contributed by atoms with Crippen LogP contribution in [-0.4, -0.2) is 19.3 Å². The summed E-state index contributed by atoms with van der Waals surface area (Å²) >= 11 is 0. The molecule has 0 radical (unpaired) electrons. The lowest BCUT2D eigenvalue weighted by Crippen LogP contribution is -2.27. The molecule has 0 unspecified atom stereocenters. The monoisotopic (exact) mass is 298 g/mol. The molecule has 3 aromatic rings. The zero-order chi connectivity index (χ0) is 16.1. The first kappa shape index (κ1) is 14.3. The highest BCUT2D eigenvalue weighted by molar-refractivity contribution is 5.87. The number of aromatic nitrogens is 4. The average molecular weight is 298 g/mol. The van der Waals surface area contributed by atoms with E-state index in [1.54, 1.807) is 4.68 Å². The zero-order valence-electron chi connectivity index (χ0n) is 13.0. The maximum Gasteiger partial charge on any atom is 0.334 e. The predicted molar refractivity (Wildman–Crippen MR) is 85.6 cm³/mol. The quantitative estimate of drug-likeness (QED) is 0.743. The molecule has 1 aromatic carbocycles. The molecule has 0 fully saturated rings. The summed E-state index contributed by atoms with van der Waals surface area (Å²) < 4.78 is 3.10. The standard InChI is InChI=1S/C16H18N4O2/c1-16(2,3)10-5-6-11-12(9-10)19(4)18-14(11)20-8-7-13(21)17-15(20)22/h5-9H,1-4H3,(H,17,21,22). The molecule has 0 atom stereocenters. The van der Waals surface area contributed by atoms with Crippen molar-refractivity contribution in [3.8, 4) is 5.82 Å². The molecule has 6 heteroatoms. The van der Waals surface area contributed by atoms with Gasteiger partial charge in [-0.1, -0.05) is 26.8 Å². The second-order valence-corrected chi connectivity index (χ2v) is 6.41. The summed E-state index contributed by atoms with van der Waals surface area (Å²) in [5, 5.41) is 5.30. The van der Waals surface area contributed by atoms with Gasteiger partial charge in [0, 0.05) is 24.7 Å². The highest BCUT2D eigenvalue weighted by Gasteiger charge is 2.17. The van der Waals surface area contributed by atoms with Crippen LogP contribution in [0.25, 0.3) is 16.7 Å². The van der Waals surface area contributed by atoms with E-state index in [9.17, 15) is 9.59 Å². The number of hydrogen-bond donors (Lipinski definition) is 1. The van der Waals surface area contributed by atoms with Crippen molar-refractivity contribution in [1.82, 2.24) is 19.3 Å². The number of aryl methyl sites for hydroxylation is 1. The lowest BCUT2D eigenvalue weighted by molar-refractivity contribution is 0.590. The van der Waals surface area contributed by atoms with E-state index in [1.807, 2.05) is 19.2 Å². The molecule has 0 amide bonds. The van der Waals surface area contributed by atoms with Crippen molar-refractivity contribution in [1.29, 1.82) is 0 Å². The van der Waals surface area contributed by atoms with E-state index < -0.39 is 11.2 Å². The molecule has 6 nitrogen and oxygen atoms in total. The zero-order valence-corrected chi connectivity index (χ0v) is 13.0. The normalized spacial score (nSPS) is 12.0. The van der Waals surface area contributed by atoms with E-state index >= 15 is 0 Å². The molecule has 0 aliphatic heterocycles. The summed E-state index contributed by atoms with van der Waals surface area (Å²) in [5.41, 5.74) is 1.26. The molecule has 0 spiro atoms. The van der Waals surface area contributed by atoms with Gasteiger partial charge in [-0.3, -0.25) is 19.0 Å². The van der Waals surface area contributed by atoms with E-state index in [2.05, 4.69) is 36.9 Å². The number of nitrogens with one attached hydrogen (secondary N) is 1. The summed E-state index contributed by atoms with van der Waals surface area (Å²) in [5.74, 6) is 0.513. The number of rotatable bonds is 1. The maximum absolute atomic E-state index is 12.0. The Kier molecular flexibility index (Phi) is 3.05. The number of hydrogen-bond acceptors (Lipinski definition) is 3. The number of H-pyrrole nitrogens is 1. The lowest BCUT2D eigenvalue weighted by atomic mass is 9.86. The van der Waals surface area contributed by atoms with Crippen molar-refractivity contribution in [2.24, 2.45) is 7.05 Å². The molecule has 114 valence electrons. The van der Waals surface area contributed by atoms with Crippen LogP contribution in [0.4, 0.5) is 0 Å². The minimum Gasteiger partial charge on any atom is -0.274 e. The van der Waals surface area contributed by atoms with E-state index in [0.717, 1.165) is 10.9 Å². The molecule has 22 heavy (non-hydrogen) atoms. The Bertz CT molecular complexity index is 970. The van der Waals surface area contributed by atoms with Crippen LogP contribution in [0.15, 0.2) is 40.1 Å². The number of fused-ring (bicyclic) bond motifs is 1. The Morgan fingerprint density at radius 1 is 1.14 bits per heavy atom. The Morgan fingerprint density at radius 3 is 2.50 bits per heavy atom. The summed E-state index contributed by atoms with van der Waals surface area (Å²) in [6.45, 7) is 6.45. The molecule has 0 aliphatic rings. The number of nitrogens with zero attached hydrogens (tertiary/aromatic N) is 3. The van der Waals surface area contributed by atoms with Crippen LogP contribution in [0.5, 0.6) is 0 Å². The van der Waals surface area contributed by atoms with E-state index in [4.69, 9.17) is 0 Å². The number of aromatic amines is 1. The van der Waals surface area contributed by atoms with Crippen molar-refractivity contribution >= 4 is 10.9 Å². The Balaban J connectivity index is 2.29. The Labute approximate surface area is 127 Å². The fraction of sp³-hybridized carbons (Fsp3) is 0.312. The molecule has 2 heterocycles.